The Labute approximate surface area is 115 Å². The van der Waals surface area contributed by atoms with Gasteiger partial charge in [-0.3, -0.25) is 0 Å². The van der Waals surface area contributed by atoms with E-state index in [9.17, 15) is 5.11 Å². The van der Waals surface area contributed by atoms with Crippen molar-refractivity contribution >= 4 is 0 Å². The summed E-state index contributed by atoms with van der Waals surface area (Å²) in [5.41, 5.74) is 1.05. The van der Waals surface area contributed by atoms with Crippen molar-refractivity contribution in [2.24, 2.45) is 0 Å². The maximum absolute atomic E-state index is 9.54. The van der Waals surface area contributed by atoms with Gasteiger partial charge in [0.1, 0.15) is 0 Å². The van der Waals surface area contributed by atoms with Crippen molar-refractivity contribution in [1.82, 2.24) is 0 Å². The van der Waals surface area contributed by atoms with Crippen LogP contribution in [0.1, 0.15) is 37.9 Å². The van der Waals surface area contributed by atoms with Crippen molar-refractivity contribution in [3.8, 4) is 0 Å². The van der Waals surface area contributed by atoms with Crippen LogP contribution in [0.3, 0.4) is 0 Å². The van der Waals surface area contributed by atoms with Crippen molar-refractivity contribution in [2.75, 3.05) is 0 Å². The van der Waals surface area contributed by atoms with Gasteiger partial charge in [-0.25, -0.2) is 24.3 Å². The van der Waals surface area contributed by atoms with Gasteiger partial charge in [0.25, 0.3) is 0 Å². The molecule has 2 rings (SSSR count). The first-order chi connectivity index (χ1) is 7.84. The summed E-state index contributed by atoms with van der Waals surface area (Å²) >= 11 is 0. The zero-order chi connectivity index (χ0) is 11.6. The molecule has 96 valence electrons. The van der Waals surface area contributed by atoms with Gasteiger partial charge < -0.3 is 5.11 Å². The molecule has 1 N–H and O–H groups in total. The Balaban J connectivity index is 0.000000360. The number of hydrogen-bond acceptors (Lipinski definition) is 1. The number of aliphatic hydroxyl groups excluding tert-OH is 1. The summed E-state index contributed by atoms with van der Waals surface area (Å²) < 4.78 is 0. The third-order valence-corrected chi connectivity index (χ3v) is 2.46. The second kappa shape index (κ2) is 10.3. The van der Waals surface area contributed by atoms with Gasteiger partial charge in [-0.05, 0) is 6.42 Å². The Morgan fingerprint density at radius 1 is 1.12 bits per heavy atom. The number of unbranched alkanes of at least 4 members (excludes halogenated alkanes) is 1. The van der Waals surface area contributed by atoms with Crippen molar-refractivity contribution in [3.63, 3.8) is 0 Å². The molecule has 2 aromatic rings. The molecule has 2 heteroatoms. The molecular weight excluding hydrogens is 252 g/mol. The van der Waals surface area contributed by atoms with Gasteiger partial charge in [-0.15, -0.1) is 5.56 Å². The second-order valence-corrected chi connectivity index (χ2v) is 3.84. The largest absolute Gasteiger partial charge is 0.401 e. The van der Waals surface area contributed by atoms with Crippen molar-refractivity contribution in [1.29, 1.82) is 0 Å². The van der Waals surface area contributed by atoms with Crippen LogP contribution >= 0.6 is 0 Å². The number of rotatable bonds is 4. The molecule has 1 atom stereocenters. The first kappa shape index (κ1) is 16.2. The third-order valence-electron chi connectivity index (χ3n) is 2.46. The van der Waals surface area contributed by atoms with Crippen LogP contribution in [0.5, 0.6) is 0 Å². The quantitative estimate of drug-likeness (QED) is 0.658. The van der Waals surface area contributed by atoms with Crippen molar-refractivity contribution < 1.29 is 22.2 Å². The SMILES string of the molecule is CCCCC(O)[c-]1cccc1.[Fe].c1cc[cH-]c1. The van der Waals surface area contributed by atoms with Crippen molar-refractivity contribution in [2.45, 2.75) is 32.3 Å². The summed E-state index contributed by atoms with van der Waals surface area (Å²) in [6, 6.07) is 17.9. The van der Waals surface area contributed by atoms with E-state index >= 15 is 0 Å². The van der Waals surface area contributed by atoms with E-state index in [2.05, 4.69) is 6.92 Å². The average molecular weight is 272 g/mol. The van der Waals surface area contributed by atoms with E-state index in [0.29, 0.717) is 0 Å². The number of hydrogen-bond donors (Lipinski definition) is 1. The Kier molecular flexibility index (Phi) is 9.84. The van der Waals surface area contributed by atoms with Gasteiger partial charge in [0.05, 0.1) is 0 Å². The van der Waals surface area contributed by atoms with Gasteiger partial charge in [0, 0.05) is 23.2 Å². The molecule has 0 aliphatic carbocycles. The molecule has 0 aromatic heterocycles. The zero-order valence-electron chi connectivity index (χ0n) is 10.2. The molecule has 0 bridgehead atoms. The topological polar surface area (TPSA) is 20.2 Å². The van der Waals surface area contributed by atoms with Gasteiger partial charge in [-0.1, -0.05) is 19.8 Å². The molecule has 0 aliphatic rings. The smallest absolute Gasteiger partial charge is 0.0351 e. The zero-order valence-corrected chi connectivity index (χ0v) is 11.3. The van der Waals surface area contributed by atoms with E-state index in [1.807, 2.05) is 54.6 Å². The van der Waals surface area contributed by atoms with Gasteiger partial charge in [0.15, 0.2) is 0 Å². The van der Waals surface area contributed by atoms with Gasteiger partial charge in [0.2, 0.25) is 0 Å². The van der Waals surface area contributed by atoms with E-state index in [4.69, 9.17) is 0 Å². The minimum absolute atomic E-state index is 0. The number of aliphatic hydroxyl groups is 1. The molecular formula is C15H20FeO-2. The first-order valence-corrected chi connectivity index (χ1v) is 5.91. The molecule has 0 spiro atoms. The molecule has 0 saturated carbocycles. The Morgan fingerprint density at radius 3 is 2.12 bits per heavy atom. The summed E-state index contributed by atoms with van der Waals surface area (Å²) in [4.78, 5) is 0. The van der Waals surface area contributed by atoms with E-state index < -0.39 is 0 Å². The van der Waals surface area contributed by atoms with Crippen LogP contribution in [0.25, 0.3) is 0 Å². The van der Waals surface area contributed by atoms with Crippen LogP contribution in [0.4, 0.5) is 0 Å². The fourth-order valence-electron chi connectivity index (χ4n) is 1.50. The Morgan fingerprint density at radius 2 is 1.71 bits per heavy atom. The van der Waals surface area contributed by atoms with Gasteiger partial charge >= 0.3 is 0 Å². The van der Waals surface area contributed by atoms with Crippen molar-refractivity contribution in [3.05, 3.63) is 60.2 Å². The maximum Gasteiger partial charge on any atom is 0.0351 e. The van der Waals surface area contributed by atoms with Crippen LogP contribution in [0, 0.1) is 0 Å². The molecule has 0 amide bonds. The normalized spacial score (nSPS) is 10.9. The van der Waals surface area contributed by atoms with Crippen LogP contribution < -0.4 is 0 Å². The maximum atomic E-state index is 9.54. The average Bonchev–Trinajstić information content (AvgIpc) is 2.98. The fraction of sp³-hybridized carbons (Fsp3) is 0.333. The molecule has 0 saturated heterocycles. The molecule has 1 nitrogen and oxygen atoms in total. The molecule has 0 radical (unpaired) electrons. The van der Waals surface area contributed by atoms with E-state index in [1.54, 1.807) is 0 Å². The fourth-order valence-corrected chi connectivity index (χ4v) is 1.50. The summed E-state index contributed by atoms with van der Waals surface area (Å²) in [5.74, 6) is 0. The minimum atomic E-state index is -0.245. The Hall–Kier alpha value is -0.821. The van der Waals surface area contributed by atoms with E-state index in [-0.39, 0.29) is 23.2 Å². The predicted octanol–water partition coefficient (Wildman–Crippen LogP) is 4.03. The molecule has 0 heterocycles. The van der Waals surface area contributed by atoms with E-state index in [0.717, 1.165) is 24.8 Å². The van der Waals surface area contributed by atoms with E-state index in [1.165, 1.54) is 0 Å². The monoisotopic (exact) mass is 272 g/mol. The molecule has 2 aromatic carbocycles. The van der Waals surface area contributed by atoms with Crippen LogP contribution in [0.2, 0.25) is 0 Å². The summed E-state index contributed by atoms with van der Waals surface area (Å²) in [6.07, 6.45) is 2.90. The first-order valence-electron chi connectivity index (χ1n) is 5.91. The standard InChI is InChI=1S/C10H15O.C5H5.Fe/c1-2-3-8-10(11)9-6-4-5-7-9;1-2-4-5-3-1;/h4-7,10-11H,2-3,8H2,1H3;1-5H;/q2*-1;. The molecule has 0 fully saturated rings. The molecule has 17 heavy (non-hydrogen) atoms. The van der Waals surface area contributed by atoms with Crippen LogP contribution in [-0.2, 0) is 17.1 Å². The van der Waals surface area contributed by atoms with Crippen LogP contribution in [-0.4, -0.2) is 5.11 Å². The summed E-state index contributed by atoms with van der Waals surface area (Å²) in [5, 5.41) is 9.54. The molecule has 0 aliphatic heterocycles. The molecule has 1 unspecified atom stereocenters. The summed E-state index contributed by atoms with van der Waals surface area (Å²) in [6.45, 7) is 2.14. The predicted molar refractivity (Wildman–Crippen MR) is 68.6 cm³/mol. The summed E-state index contributed by atoms with van der Waals surface area (Å²) in [7, 11) is 0. The van der Waals surface area contributed by atoms with Crippen LogP contribution in [0.15, 0.2) is 54.6 Å². The Bertz CT molecular complexity index is 306. The van der Waals surface area contributed by atoms with Gasteiger partial charge in [-0.2, -0.15) is 30.3 Å². The second-order valence-electron chi connectivity index (χ2n) is 3.84. The minimum Gasteiger partial charge on any atom is -0.401 e. The third kappa shape index (κ3) is 7.17.